The van der Waals surface area contributed by atoms with E-state index >= 15 is 0 Å². The summed E-state index contributed by atoms with van der Waals surface area (Å²) in [5.74, 6) is 0. The molecule has 322 valence electrons. The summed E-state index contributed by atoms with van der Waals surface area (Å²) in [7, 11) is -1.54. The maximum absolute atomic E-state index is 10.2. The first kappa shape index (κ1) is 41.7. The minimum atomic E-state index is -1.54. The van der Waals surface area contributed by atoms with Gasteiger partial charge in [0.1, 0.15) is 0 Å². The normalized spacial score (nSPS) is 11.8. The second kappa shape index (κ2) is 16.9. The third kappa shape index (κ3) is 7.10. The van der Waals surface area contributed by atoms with Crippen molar-refractivity contribution in [1.29, 1.82) is 0 Å². The lowest BCUT2D eigenvalue weighted by atomic mass is 9.77. The molecule has 0 spiro atoms. The zero-order valence-corrected chi connectivity index (χ0v) is 41.0. The number of halogens is 1. The summed E-state index contributed by atoms with van der Waals surface area (Å²) < 4.78 is 11.4. The van der Waals surface area contributed by atoms with Crippen LogP contribution >= 0.6 is 61.3 Å². The van der Waals surface area contributed by atoms with Gasteiger partial charge in [0.05, 0.1) is 0 Å². The molecule has 0 saturated carbocycles. The number of rotatable bonds is 5. The van der Waals surface area contributed by atoms with Gasteiger partial charge in [-0.1, -0.05) is 174 Å². The van der Waals surface area contributed by atoms with Gasteiger partial charge in [0.2, 0.25) is 0 Å². The molecule has 0 atom stereocenters. The monoisotopic (exact) mass is 1010 g/mol. The lowest BCUT2D eigenvalue weighted by molar-refractivity contribution is 0.426. The van der Waals surface area contributed by atoms with Crippen molar-refractivity contribution in [3.63, 3.8) is 0 Å². The largest absolute Gasteiger partial charge is 0.488 e. The molecule has 10 aromatic carbocycles. The Morgan fingerprint density at radius 3 is 0.853 bits per heavy atom. The topological polar surface area (TPSA) is 40.5 Å². The van der Waals surface area contributed by atoms with E-state index in [2.05, 4.69) is 210 Å². The van der Waals surface area contributed by atoms with Crippen LogP contribution in [0.5, 0.6) is 0 Å². The molecule has 0 aliphatic rings. The van der Waals surface area contributed by atoms with E-state index < -0.39 is 7.12 Å². The van der Waals surface area contributed by atoms with Crippen LogP contribution in [-0.2, 0) is 0 Å². The molecule has 0 saturated heterocycles. The highest BCUT2D eigenvalue weighted by molar-refractivity contribution is 9.10. The summed E-state index contributed by atoms with van der Waals surface area (Å²) in [5.41, 5.74) is 9.76. The Morgan fingerprint density at radius 1 is 0.294 bits per heavy atom. The van der Waals surface area contributed by atoms with Gasteiger partial charge in [-0.2, -0.15) is 0 Å². The van der Waals surface area contributed by atoms with E-state index in [1.807, 2.05) is 34.8 Å². The molecule has 68 heavy (non-hydrogen) atoms. The summed E-state index contributed by atoms with van der Waals surface area (Å²) in [6.45, 7) is 0. The molecular formula is C60H36BBrO2S4. The molecule has 2 nitrogen and oxygen atoms in total. The molecule has 0 aliphatic heterocycles. The molecule has 0 amide bonds. The van der Waals surface area contributed by atoms with E-state index in [-0.39, 0.29) is 0 Å². The van der Waals surface area contributed by atoms with Gasteiger partial charge in [-0.15, -0.1) is 45.3 Å². The van der Waals surface area contributed by atoms with Gasteiger partial charge in [-0.3, -0.25) is 0 Å². The first-order chi connectivity index (χ1) is 33.4. The zero-order chi connectivity index (χ0) is 45.5. The number of benzene rings is 10. The Balaban J connectivity index is 0.000000135. The van der Waals surface area contributed by atoms with Crippen molar-refractivity contribution in [2.75, 3.05) is 0 Å². The van der Waals surface area contributed by atoms with Crippen molar-refractivity contribution in [1.82, 2.24) is 0 Å². The fourth-order valence-electron chi connectivity index (χ4n) is 9.91. The second-order valence-corrected chi connectivity index (χ2v) is 22.2. The molecule has 2 N–H and O–H groups in total. The SMILES string of the molecule is Brc1cc(-c2cccc3c2sc2ccccc23)cc(-c2cccc3c2sc2ccccc23)c1.OB(O)c1cc(-c2cccc3c2sc2ccccc23)cc(-c2cccc3c2sc2ccccc23)c1. The van der Waals surface area contributed by atoms with Gasteiger partial charge >= 0.3 is 7.12 Å². The molecule has 14 rings (SSSR count). The van der Waals surface area contributed by atoms with Crippen LogP contribution in [0, 0.1) is 0 Å². The number of hydrogen-bond donors (Lipinski definition) is 2. The van der Waals surface area contributed by atoms with E-state index in [1.54, 1.807) is 22.7 Å². The highest BCUT2D eigenvalue weighted by Gasteiger charge is 2.20. The second-order valence-electron chi connectivity index (χ2n) is 17.1. The first-order valence-corrected chi connectivity index (χ1v) is 26.4. The van der Waals surface area contributed by atoms with Gasteiger partial charge in [0.15, 0.2) is 0 Å². The molecule has 4 heterocycles. The van der Waals surface area contributed by atoms with Crippen molar-refractivity contribution < 1.29 is 10.0 Å². The standard InChI is InChI=1S/C30H19BO2S2.C30H17BrS2/c32-31(33)20-16-18(21-9-5-11-25-23-7-1-3-13-27(23)34-29(21)25)15-19(17-20)22-10-6-12-26-24-8-2-4-14-28(24)35-30(22)26;31-20-16-18(21-9-5-11-25-23-7-1-3-13-27(23)32-29(21)25)15-19(17-20)22-10-6-12-26-24-8-2-4-14-28(24)33-30(22)26/h1-17,32-33H;1-17H. The van der Waals surface area contributed by atoms with E-state index in [4.69, 9.17) is 0 Å². The van der Waals surface area contributed by atoms with Gasteiger partial charge in [0.25, 0.3) is 0 Å². The third-order valence-corrected chi connectivity index (χ3v) is 18.3. The molecule has 4 aromatic heterocycles. The lowest BCUT2D eigenvalue weighted by Crippen LogP contribution is -2.29. The highest BCUT2D eigenvalue weighted by Crippen LogP contribution is 2.46. The summed E-state index contributed by atoms with van der Waals surface area (Å²) in [4.78, 5) is 0. The summed E-state index contributed by atoms with van der Waals surface area (Å²) >= 11 is 11.1. The minimum absolute atomic E-state index is 0.494. The molecule has 8 heteroatoms. The fraction of sp³-hybridized carbons (Fsp3) is 0. The summed E-state index contributed by atoms with van der Waals surface area (Å²) in [6, 6.07) is 73.3. The minimum Gasteiger partial charge on any atom is -0.423 e. The van der Waals surface area contributed by atoms with Gasteiger partial charge in [0, 0.05) is 85.2 Å². The van der Waals surface area contributed by atoms with Gasteiger partial charge < -0.3 is 10.0 Å². The van der Waals surface area contributed by atoms with Crippen molar-refractivity contribution in [3.8, 4) is 44.5 Å². The zero-order valence-electron chi connectivity index (χ0n) is 36.1. The molecule has 14 aromatic rings. The van der Waals surface area contributed by atoms with E-state index in [1.165, 1.54) is 103 Å². The van der Waals surface area contributed by atoms with Gasteiger partial charge in [-0.25, -0.2) is 0 Å². The number of fused-ring (bicyclic) bond motifs is 12. The Bertz CT molecular complexity index is 4030. The van der Waals surface area contributed by atoms with Crippen LogP contribution in [-0.4, -0.2) is 17.2 Å². The van der Waals surface area contributed by atoms with Crippen LogP contribution in [0.15, 0.2) is 211 Å². The summed E-state index contributed by atoms with van der Waals surface area (Å²) in [6.07, 6.45) is 0. The van der Waals surface area contributed by atoms with E-state index in [0.29, 0.717) is 5.46 Å². The molecule has 0 aliphatic carbocycles. The number of thiophene rings is 4. The predicted octanol–water partition coefficient (Wildman–Crippen LogP) is 18.0. The molecule has 0 fully saturated rings. The predicted molar refractivity (Wildman–Crippen MR) is 304 cm³/mol. The average molecular weight is 1010 g/mol. The van der Waals surface area contributed by atoms with Crippen LogP contribution in [0.2, 0.25) is 0 Å². The number of hydrogen-bond acceptors (Lipinski definition) is 6. The Hall–Kier alpha value is -6.46. The molecule has 0 radical (unpaired) electrons. The lowest BCUT2D eigenvalue weighted by Gasteiger charge is -2.12. The van der Waals surface area contributed by atoms with Crippen LogP contribution < -0.4 is 5.46 Å². The molecular weight excluding hydrogens is 972 g/mol. The summed E-state index contributed by atoms with van der Waals surface area (Å²) in [5, 5.41) is 30.7. The van der Waals surface area contributed by atoms with Gasteiger partial charge in [-0.05, 0) is 98.5 Å². The third-order valence-electron chi connectivity index (χ3n) is 13.0. The highest BCUT2D eigenvalue weighted by atomic mass is 79.9. The smallest absolute Gasteiger partial charge is 0.423 e. The van der Waals surface area contributed by atoms with E-state index in [0.717, 1.165) is 26.7 Å². The van der Waals surface area contributed by atoms with Crippen LogP contribution in [0.3, 0.4) is 0 Å². The van der Waals surface area contributed by atoms with Crippen molar-refractivity contribution in [2.24, 2.45) is 0 Å². The quantitative estimate of drug-likeness (QED) is 0.169. The Labute approximate surface area is 416 Å². The average Bonchev–Trinajstić information content (AvgIpc) is 4.16. The molecule has 0 unspecified atom stereocenters. The van der Waals surface area contributed by atoms with Crippen LogP contribution in [0.1, 0.15) is 0 Å². The Morgan fingerprint density at radius 2 is 0.559 bits per heavy atom. The molecule has 0 bridgehead atoms. The van der Waals surface area contributed by atoms with Crippen LogP contribution in [0.25, 0.3) is 125 Å². The maximum atomic E-state index is 10.2. The Kier molecular flexibility index (Phi) is 10.4. The fourth-order valence-corrected chi connectivity index (χ4v) is 15.4. The first-order valence-electron chi connectivity index (χ1n) is 22.4. The van der Waals surface area contributed by atoms with Crippen molar-refractivity contribution in [2.45, 2.75) is 0 Å². The van der Waals surface area contributed by atoms with Crippen LogP contribution in [0.4, 0.5) is 0 Å². The van der Waals surface area contributed by atoms with Crippen molar-refractivity contribution in [3.05, 3.63) is 211 Å². The van der Waals surface area contributed by atoms with E-state index in [9.17, 15) is 10.0 Å². The van der Waals surface area contributed by atoms with Crippen molar-refractivity contribution >= 4 is 155 Å². The maximum Gasteiger partial charge on any atom is 0.488 e.